The van der Waals surface area contributed by atoms with E-state index in [0.29, 0.717) is 31.1 Å². The van der Waals surface area contributed by atoms with Crippen molar-refractivity contribution in [2.24, 2.45) is 5.92 Å². The fraction of sp³-hybridized carbons (Fsp3) is 0.450. The maximum absolute atomic E-state index is 12.8. The van der Waals surface area contributed by atoms with Crippen molar-refractivity contribution in [3.8, 4) is 0 Å². The molecule has 0 radical (unpaired) electrons. The Labute approximate surface area is 158 Å². The first-order chi connectivity index (χ1) is 13.2. The molecule has 2 aromatic rings. The molecule has 0 unspecified atom stereocenters. The second-order valence-corrected chi connectivity index (χ2v) is 7.30. The third kappa shape index (κ3) is 3.97. The monoisotopic (exact) mass is 365 g/mol. The van der Waals surface area contributed by atoms with Crippen LogP contribution in [0.1, 0.15) is 35.3 Å². The average Bonchev–Trinajstić information content (AvgIpc) is 3.05. The average molecular weight is 365 g/mol. The number of hydrogen-bond acceptors (Lipinski definition) is 5. The molecule has 140 valence electrons. The Morgan fingerprint density at radius 1 is 1.00 bits per heavy atom. The van der Waals surface area contributed by atoms with Crippen LogP contribution >= 0.6 is 0 Å². The van der Waals surface area contributed by atoms with E-state index < -0.39 is 0 Å². The topological polar surface area (TPSA) is 79.3 Å². The van der Waals surface area contributed by atoms with Crippen LogP contribution in [-0.2, 0) is 11.2 Å². The Balaban J connectivity index is 1.42. The third-order valence-corrected chi connectivity index (χ3v) is 5.48. The van der Waals surface area contributed by atoms with Crippen LogP contribution in [0.4, 0.5) is 0 Å². The Kier molecular flexibility index (Phi) is 5.09. The van der Waals surface area contributed by atoms with E-state index in [0.717, 1.165) is 31.4 Å². The Bertz CT molecular complexity index is 799. The van der Waals surface area contributed by atoms with Crippen LogP contribution < -0.4 is 0 Å². The molecule has 0 aliphatic carbocycles. The molecule has 2 aromatic heterocycles. The van der Waals surface area contributed by atoms with Gasteiger partial charge in [-0.25, -0.2) is 4.98 Å². The molecule has 5 heterocycles. The lowest BCUT2D eigenvalue weighted by atomic mass is 9.94. The highest BCUT2D eigenvalue weighted by Gasteiger charge is 2.38. The van der Waals surface area contributed by atoms with Crippen molar-refractivity contribution in [3.05, 3.63) is 54.4 Å². The number of fused-ring (bicyclic) bond motifs is 4. The number of piperidine rings is 1. The zero-order valence-corrected chi connectivity index (χ0v) is 15.2. The summed E-state index contributed by atoms with van der Waals surface area (Å²) in [6.45, 7) is 2.00. The predicted octanol–water partition coefficient (Wildman–Crippen LogP) is 1.57. The van der Waals surface area contributed by atoms with Gasteiger partial charge >= 0.3 is 0 Å². The molecule has 0 N–H and O–H groups in total. The summed E-state index contributed by atoms with van der Waals surface area (Å²) in [5, 5.41) is 0. The Hall–Kier alpha value is -2.83. The molecule has 3 saturated heterocycles. The summed E-state index contributed by atoms with van der Waals surface area (Å²) in [7, 11) is 0. The minimum atomic E-state index is -0.0916. The van der Waals surface area contributed by atoms with Crippen molar-refractivity contribution in [1.29, 1.82) is 0 Å². The van der Waals surface area contributed by atoms with Gasteiger partial charge in [-0.2, -0.15) is 0 Å². The standard InChI is InChI=1S/C20H23N5O2/c26-19(4-2-15-5-7-21-8-6-15)25-13-16-1-3-17(25)14-24(12-16)20(27)18-11-22-9-10-23-18/h5-11,16-17H,1-4,12-14H2/t16-,17+/m1/s1. The van der Waals surface area contributed by atoms with Crippen LogP contribution in [0.2, 0.25) is 0 Å². The van der Waals surface area contributed by atoms with E-state index >= 15 is 0 Å². The minimum absolute atomic E-state index is 0.0916. The number of carbonyl (C=O) groups is 2. The fourth-order valence-corrected chi connectivity index (χ4v) is 4.07. The van der Waals surface area contributed by atoms with Gasteiger partial charge in [0.2, 0.25) is 5.91 Å². The second kappa shape index (κ2) is 7.82. The van der Waals surface area contributed by atoms with Crippen molar-refractivity contribution in [1.82, 2.24) is 24.8 Å². The van der Waals surface area contributed by atoms with Crippen LogP contribution in [-0.4, -0.2) is 62.2 Å². The van der Waals surface area contributed by atoms with Gasteiger partial charge < -0.3 is 9.80 Å². The number of rotatable bonds is 4. The SMILES string of the molecule is O=C(c1cnccn1)N1C[C@H]2CC[C@@H](C1)N(C(=O)CCc1ccncc1)C2. The molecule has 3 aliphatic heterocycles. The summed E-state index contributed by atoms with van der Waals surface area (Å²) in [5.41, 5.74) is 1.49. The van der Waals surface area contributed by atoms with Gasteiger partial charge in [-0.15, -0.1) is 0 Å². The second-order valence-electron chi connectivity index (χ2n) is 7.30. The van der Waals surface area contributed by atoms with Crippen LogP contribution in [0.25, 0.3) is 0 Å². The zero-order valence-electron chi connectivity index (χ0n) is 15.2. The molecule has 2 amide bonds. The maximum atomic E-state index is 12.8. The molecular formula is C20H23N5O2. The number of pyridine rings is 1. The smallest absolute Gasteiger partial charge is 0.274 e. The summed E-state index contributed by atoms with van der Waals surface area (Å²) in [6.07, 6.45) is 11.3. The third-order valence-electron chi connectivity index (χ3n) is 5.48. The van der Waals surface area contributed by atoms with Crippen LogP contribution in [0, 0.1) is 5.92 Å². The van der Waals surface area contributed by atoms with E-state index in [1.165, 1.54) is 12.4 Å². The molecule has 7 heteroatoms. The van der Waals surface area contributed by atoms with E-state index in [1.54, 1.807) is 18.6 Å². The molecule has 7 nitrogen and oxygen atoms in total. The molecular weight excluding hydrogens is 342 g/mol. The number of aryl methyl sites for hydroxylation is 1. The molecule has 0 saturated carbocycles. The van der Waals surface area contributed by atoms with Gasteiger partial charge in [0.1, 0.15) is 5.69 Å². The van der Waals surface area contributed by atoms with E-state index in [4.69, 9.17) is 0 Å². The number of nitrogens with zero attached hydrogens (tertiary/aromatic N) is 5. The first-order valence-corrected chi connectivity index (χ1v) is 9.44. The van der Waals surface area contributed by atoms with Crippen molar-refractivity contribution in [3.63, 3.8) is 0 Å². The van der Waals surface area contributed by atoms with Gasteiger partial charge in [-0.1, -0.05) is 0 Å². The van der Waals surface area contributed by atoms with Gasteiger partial charge in [0.25, 0.3) is 5.91 Å². The Morgan fingerprint density at radius 2 is 1.85 bits per heavy atom. The summed E-state index contributed by atoms with van der Waals surface area (Å²) in [6, 6.07) is 3.99. The summed E-state index contributed by atoms with van der Waals surface area (Å²) in [4.78, 5) is 41.6. The van der Waals surface area contributed by atoms with Gasteiger partial charge in [0, 0.05) is 56.9 Å². The molecule has 5 rings (SSSR count). The van der Waals surface area contributed by atoms with Gasteiger partial charge in [-0.3, -0.25) is 19.6 Å². The van der Waals surface area contributed by atoms with Gasteiger partial charge in [0.05, 0.1) is 6.20 Å². The van der Waals surface area contributed by atoms with Crippen molar-refractivity contribution >= 4 is 11.8 Å². The number of hydrogen-bond donors (Lipinski definition) is 0. The highest BCUT2D eigenvalue weighted by Crippen LogP contribution is 2.29. The lowest BCUT2D eigenvalue weighted by molar-refractivity contribution is -0.135. The van der Waals surface area contributed by atoms with E-state index in [2.05, 4.69) is 15.0 Å². The van der Waals surface area contributed by atoms with Crippen LogP contribution in [0.15, 0.2) is 43.1 Å². The molecule has 2 atom stereocenters. The lowest BCUT2D eigenvalue weighted by Gasteiger charge is -2.36. The number of carbonyl (C=O) groups excluding carboxylic acids is 2. The fourth-order valence-electron chi connectivity index (χ4n) is 4.07. The lowest BCUT2D eigenvalue weighted by Crippen LogP contribution is -2.47. The minimum Gasteiger partial charge on any atom is -0.338 e. The number of amides is 2. The largest absolute Gasteiger partial charge is 0.338 e. The van der Waals surface area contributed by atoms with Crippen molar-refractivity contribution < 1.29 is 9.59 Å². The van der Waals surface area contributed by atoms with E-state index in [9.17, 15) is 9.59 Å². The van der Waals surface area contributed by atoms with Crippen LogP contribution in [0.5, 0.6) is 0 Å². The molecule has 0 spiro atoms. The normalized spacial score (nSPS) is 21.8. The van der Waals surface area contributed by atoms with Gasteiger partial charge in [0.15, 0.2) is 0 Å². The molecule has 0 aromatic carbocycles. The van der Waals surface area contributed by atoms with Gasteiger partial charge in [-0.05, 0) is 42.9 Å². The maximum Gasteiger partial charge on any atom is 0.274 e. The van der Waals surface area contributed by atoms with E-state index in [-0.39, 0.29) is 17.9 Å². The quantitative estimate of drug-likeness (QED) is 0.822. The molecule has 3 aliphatic rings. The zero-order chi connectivity index (χ0) is 18.6. The highest BCUT2D eigenvalue weighted by atomic mass is 16.2. The van der Waals surface area contributed by atoms with Crippen LogP contribution in [0.3, 0.4) is 0 Å². The highest BCUT2D eigenvalue weighted by molar-refractivity contribution is 5.92. The summed E-state index contributed by atoms with van der Waals surface area (Å²) >= 11 is 0. The summed E-state index contributed by atoms with van der Waals surface area (Å²) in [5.74, 6) is 0.413. The van der Waals surface area contributed by atoms with Crippen molar-refractivity contribution in [2.75, 3.05) is 19.6 Å². The first kappa shape index (κ1) is 17.6. The molecule has 2 bridgehead atoms. The Morgan fingerprint density at radius 3 is 2.63 bits per heavy atom. The molecule has 3 fully saturated rings. The summed E-state index contributed by atoms with van der Waals surface area (Å²) < 4.78 is 0. The molecule has 27 heavy (non-hydrogen) atoms. The number of aromatic nitrogens is 3. The van der Waals surface area contributed by atoms with E-state index in [1.807, 2.05) is 21.9 Å². The van der Waals surface area contributed by atoms with Crippen molar-refractivity contribution in [2.45, 2.75) is 31.7 Å². The first-order valence-electron chi connectivity index (χ1n) is 9.44. The predicted molar refractivity (Wildman–Crippen MR) is 98.7 cm³/mol.